The molecular formula is C19H24N2O5S2. The highest BCUT2D eigenvalue weighted by Crippen LogP contribution is 2.20. The van der Waals surface area contributed by atoms with Crippen molar-refractivity contribution in [1.29, 1.82) is 0 Å². The number of nitrogens with zero attached hydrogens (tertiary/aromatic N) is 1. The lowest BCUT2D eigenvalue weighted by Gasteiger charge is -2.20. The van der Waals surface area contributed by atoms with Gasteiger partial charge in [-0.3, -0.25) is 9.10 Å². The molecule has 28 heavy (non-hydrogen) atoms. The van der Waals surface area contributed by atoms with Crippen LogP contribution in [0, 0.1) is 0 Å². The third kappa shape index (κ3) is 5.32. The standard InChI is InChI=1S/C19H24N2O5S2/c1-5-21(28(4,25)26)17-10-6-16(7-11-17)19(22)20-14(2)15-8-12-18(13-9-15)27(3,23)24/h6-14H,5H2,1-4H3,(H,20,22)/t14-/m1/s1. The molecule has 0 aliphatic heterocycles. The molecule has 0 aromatic heterocycles. The van der Waals surface area contributed by atoms with Gasteiger partial charge in [0.05, 0.1) is 22.9 Å². The van der Waals surface area contributed by atoms with E-state index in [0.29, 0.717) is 17.8 Å². The molecule has 0 unspecified atom stereocenters. The Balaban J connectivity index is 2.12. The first kappa shape index (κ1) is 21.9. The van der Waals surface area contributed by atoms with Crippen LogP contribution < -0.4 is 9.62 Å². The molecule has 7 nitrogen and oxygen atoms in total. The van der Waals surface area contributed by atoms with Crippen molar-refractivity contribution in [3.8, 4) is 0 Å². The van der Waals surface area contributed by atoms with E-state index in [0.717, 1.165) is 18.1 Å². The number of benzene rings is 2. The van der Waals surface area contributed by atoms with Gasteiger partial charge in [0.1, 0.15) is 0 Å². The van der Waals surface area contributed by atoms with E-state index in [4.69, 9.17) is 0 Å². The van der Waals surface area contributed by atoms with Gasteiger partial charge >= 0.3 is 0 Å². The summed E-state index contributed by atoms with van der Waals surface area (Å²) < 4.78 is 47.9. The Labute approximate surface area is 166 Å². The molecule has 2 aromatic rings. The molecule has 0 saturated carbocycles. The summed E-state index contributed by atoms with van der Waals surface area (Å²) in [6.07, 6.45) is 2.27. The van der Waals surface area contributed by atoms with Crippen LogP contribution in [0.3, 0.4) is 0 Å². The maximum absolute atomic E-state index is 12.5. The molecule has 1 atom stereocenters. The zero-order valence-electron chi connectivity index (χ0n) is 16.2. The first-order chi connectivity index (χ1) is 12.9. The third-order valence-corrected chi connectivity index (χ3v) is 6.66. The molecule has 1 N–H and O–H groups in total. The van der Waals surface area contributed by atoms with Gasteiger partial charge in [-0.2, -0.15) is 0 Å². The summed E-state index contributed by atoms with van der Waals surface area (Å²) in [5.74, 6) is -0.311. The largest absolute Gasteiger partial charge is 0.346 e. The molecule has 0 saturated heterocycles. The van der Waals surface area contributed by atoms with Gasteiger partial charge in [-0.25, -0.2) is 16.8 Å². The smallest absolute Gasteiger partial charge is 0.251 e. The number of amides is 1. The van der Waals surface area contributed by atoms with E-state index in [1.165, 1.54) is 16.4 Å². The van der Waals surface area contributed by atoms with Gasteiger partial charge in [0, 0.05) is 18.4 Å². The van der Waals surface area contributed by atoms with Crippen LogP contribution in [0.4, 0.5) is 5.69 Å². The summed E-state index contributed by atoms with van der Waals surface area (Å²) in [4.78, 5) is 12.7. The van der Waals surface area contributed by atoms with Crippen molar-refractivity contribution in [2.24, 2.45) is 0 Å². The van der Waals surface area contributed by atoms with Crippen LogP contribution in [0.25, 0.3) is 0 Å². The SMILES string of the molecule is CCN(c1ccc(C(=O)N[C@H](C)c2ccc(S(C)(=O)=O)cc2)cc1)S(C)(=O)=O. The molecule has 0 heterocycles. The van der Waals surface area contributed by atoms with Crippen LogP contribution in [0.2, 0.25) is 0 Å². The zero-order valence-corrected chi connectivity index (χ0v) is 17.8. The summed E-state index contributed by atoms with van der Waals surface area (Å²) in [7, 11) is -6.65. The molecular weight excluding hydrogens is 400 g/mol. The molecule has 0 bridgehead atoms. The van der Waals surface area contributed by atoms with Gasteiger partial charge in [-0.05, 0) is 55.8 Å². The quantitative estimate of drug-likeness (QED) is 0.735. The van der Waals surface area contributed by atoms with E-state index in [9.17, 15) is 21.6 Å². The summed E-state index contributed by atoms with van der Waals surface area (Å²) >= 11 is 0. The predicted octanol–water partition coefficient (Wildman–Crippen LogP) is 2.37. The summed E-state index contributed by atoms with van der Waals surface area (Å²) in [5, 5.41) is 2.84. The molecule has 0 aliphatic rings. The average molecular weight is 425 g/mol. The first-order valence-electron chi connectivity index (χ1n) is 8.62. The molecule has 0 fully saturated rings. The Bertz CT molecular complexity index is 1040. The number of hydrogen-bond donors (Lipinski definition) is 1. The van der Waals surface area contributed by atoms with Crippen molar-refractivity contribution in [3.05, 3.63) is 59.7 Å². The first-order valence-corrected chi connectivity index (χ1v) is 12.4. The van der Waals surface area contributed by atoms with Gasteiger partial charge in [0.2, 0.25) is 10.0 Å². The lowest BCUT2D eigenvalue weighted by atomic mass is 10.1. The topological polar surface area (TPSA) is 101 Å². The van der Waals surface area contributed by atoms with E-state index >= 15 is 0 Å². The molecule has 9 heteroatoms. The average Bonchev–Trinajstić information content (AvgIpc) is 2.61. The van der Waals surface area contributed by atoms with E-state index < -0.39 is 19.9 Å². The Morgan fingerprint density at radius 3 is 1.93 bits per heavy atom. The second-order valence-electron chi connectivity index (χ2n) is 6.51. The maximum atomic E-state index is 12.5. The number of hydrogen-bond acceptors (Lipinski definition) is 5. The zero-order chi connectivity index (χ0) is 21.1. The van der Waals surface area contributed by atoms with Crippen molar-refractivity contribution >= 4 is 31.5 Å². The molecule has 0 radical (unpaired) electrons. The highest BCUT2D eigenvalue weighted by molar-refractivity contribution is 7.92. The monoisotopic (exact) mass is 424 g/mol. The number of carbonyl (C=O) groups excluding carboxylic acids is 1. The van der Waals surface area contributed by atoms with Crippen LogP contribution in [-0.2, 0) is 19.9 Å². The predicted molar refractivity (Wildman–Crippen MR) is 110 cm³/mol. The van der Waals surface area contributed by atoms with Gasteiger partial charge in [-0.1, -0.05) is 12.1 Å². The van der Waals surface area contributed by atoms with Gasteiger partial charge in [0.15, 0.2) is 9.84 Å². The number of sulfone groups is 1. The molecule has 1 amide bonds. The molecule has 152 valence electrons. The fourth-order valence-electron chi connectivity index (χ4n) is 2.75. The minimum absolute atomic E-state index is 0.219. The Morgan fingerprint density at radius 1 is 0.964 bits per heavy atom. The fourth-order valence-corrected chi connectivity index (χ4v) is 4.36. The highest BCUT2D eigenvalue weighted by atomic mass is 32.2. The van der Waals surface area contributed by atoms with Gasteiger partial charge in [0.25, 0.3) is 5.91 Å². The molecule has 2 aromatic carbocycles. The Kier molecular flexibility index (Phi) is 6.51. The van der Waals surface area contributed by atoms with Crippen molar-refractivity contribution in [3.63, 3.8) is 0 Å². The van der Waals surface area contributed by atoms with Crippen LogP contribution in [0.15, 0.2) is 53.4 Å². The lowest BCUT2D eigenvalue weighted by molar-refractivity contribution is 0.0940. The lowest BCUT2D eigenvalue weighted by Crippen LogP contribution is -2.29. The normalized spacial score (nSPS) is 13.0. The van der Waals surface area contributed by atoms with Crippen molar-refractivity contribution in [1.82, 2.24) is 5.32 Å². The van der Waals surface area contributed by atoms with E-state index in [2.05, 4.69) is 5.32 Å². The van der Waals surface area contributed by atoms with Gasteiger partial charge < -0.3 is 5.32 Å². The van der Waals surface area contributed by atoms with Crippen LogP contribution in [-0.4, -0.2) is 41.8 Å². The third-order valence-electron chi connectivity index (χ3n) is 4.26. The summed E-state index contributed by atoms with van der Waals surface area (Å²) in [5.41, 5.74) is 1.66. The van der Waals surface area contributed by atoms with E-state index in [1.807, 2.05) is 0 Å². The minimum atomic E-state index is -3.38. The van der Waals surface area contributed by atoms with Crippen LogP contribution >= 0.6 is 0 Å². The van der Waals surface area contributed by atoms with Crippen LogP contribution in [0.1, 0.15) is 35.8 Å². The van der Waals surface area contributed by atoms with E-state index in [-0.39, 0.29) is 16.8 Å². The van der Waals surface area contributed by atoms with E-state index in [1.54, 1.807) is 50.2 Å². The Hall–Kier alpha value is -2.39. The molecule has 0 spiro atoms. The Morgan fingerprint density at radius 2 is 1.50 bits per heavy atom. The van der Waals surface area contributed by atoms with Crippen LogP contribution in [0.5, 0.6) is 0 Å². The number of sulfonamides is 1. The summed E-state index contributed by atoms with van der Waals surface area (Å²) in [6, 6.07) is 12.3. The second-order valence-corrected chi connectivity index (χ2v) is 10.4. The minimum Gasteiger partial charge on any atom is -0.346 e. The van der Waals surface area contributed by atoms with Gasteiger partial charge in [-0.15, -0.1) is 0 Å². The van der Waals surface area contributed by atoms with Crippen molar-refractivity contribution < 1.29 is 21.6 Å². The number of anilines is 1. The molecule has 2 rings (SSSR count). The maximum Gasteiger partial charge on any atom is 0.251 e. The van der Waals surface area contributed by atoms with Crippen molar-refractivity contribution in [2.75, 3.05) is 23.4 Å². The van der Waals surface area contributed by atoms with Crippen molar-refractivity contribution in [2.45, 2.75) is 24.8 Å². The fraction of sp³-hybridized carbons (Fsp3) is 0.316. The summed E-state index contributed by atoms with van der Waals surface area (Å²) in [6.45, 7) is 3.83. The highest BCUT2D eigenvalue weighted by Gasteiger charge is 2.17. The molecule has 0 aliphatic carbocycles. The number of nitrogens with one attached hydrogen (secondary N) is 1. The number of carbonyl (C=O) groups is 1. The number of rotatable bonds is 7. The second kappa shape index (κ2) is 8.32.